The Bertz CT molecular complexity index is 176. The maximum absolute atomic E-state index is 5.95. The molecule has 0 amide bonds. The molecule has 1 unspecified atom stereocenters. The first kappa shape index (κ1) is 16.9. The maximum atomic E-state index is 5.95. The molecule has 0 rings (SSSR count). The van der Waals surface area contributed by atoms with Crippen LogP contribution in [-0.4, -0.2) is 44.3 Å². The van der Waals surface area contributed by atoms with Crippen molar-refractivity contribution in [2.24, 2.45) is 5.73 Å². The summed E-state index contributed by atoms with van der Waals surface area (Å²) in [7, 11) is 3.94. The highest BCUT2D eigenvalue weighted by atomic mass is 16.5. The largest absolute Gasteiger partial charge is 0.385 e. The van der Waals surface area contributed by atoms with Gasteiger partial charge in [0.1, 0.15) is 0 Å². The van der Waals surface area contributed by atoms with E-state index in [1.54, 1.807) is 7.11 Å². The van der Waals surface area contributed by atoms with Crippen LogP contribution in [0.2, 0.25) is 0 Å². The van der Waals surface area contributed by atoms with Crippen molar-refractivity contribution in [3.05, 3.63) is 0 Å². The van der Waals surface area contributed by atoms with Gasteiger partial charge in [-0.05, 0) is 26.8 Å². The number of rotatable bonds is 11. The second-order valence-corrected chi connectivity index (χ2v) is 5.28. The van der Waals surface area contributed by atoms with E-state index in [0.717, 1.165) is 26.1 Å². The molecule has 0 heterocycles. The molecule has 0 saturated heterocycles. The Morgan fingerprint density at radius 1 is 1.18 bits per heavy atom. The minimum atomic E-state index is 0.154. The van der Waals surface area contributed by atoms with Crippen molar-refractivity contribution in [1.29, 1.82) is 0 Å². The van der Waals surface area contributed by atoms with E-state index in [1.807, 2.05) is 0 Å². The molecule has 0 aromatic heterocycles. The Kier molecular flexibility index (Phi) is 9.79. The molecular formula is C14H32N2O. The van der Waals surface area contributed by atoms with E-state index in [9.17, 15) is 0 Å². The number of nitrogens with two attached hydrogens (primary N) is 1. The average Bonchev–Trinajstić information content (AvgIpc) is 2.34. The molecule has 0 fully saturated rings. The molecule has 0 aliphatic rings. The molecule has 0 aliphatic heterocycles. The summed E-state index contributed by atoms with van der Waals surface area (Å²) >= 11 is 0. The fourth-order valence-electron chi connectivity index (χ4n) is 2.10. The van der Waals surface area contributed by atoms with Crippen LogP contribution in [0.25, 0.3) is 0 Å². The first-order chi connectivity index (χ1) is 8.10. The van der Waals surface area contributed by atoms with Crippen LogP contribution in [0.15, 0.2) is 0 Å². The van der Waals surface area contributed by atoms with Gasteiger partial charge in [-0.2, -0.15) is 0 Å². The van der Waals surface area contributed by atoms with Crippen LogP contribution in [0.1, 0.15) is 52.4 Å². The van der Waals surface area contributed by atoms with E-state index >= 15 is 0 Å². The molecule has 0 saturated carbocycles. The number of methoxy groups -OCH3 is 1. The molecule has 0 spiro atoms. The van der Waals surface area contributed by atoms with Gasteiger partial charge in [0.25, 0.3) is 0 Å². The zero-order valence-corrected chi connectivity index (χ0v) is 12.3. The zero-order chi connectivity index (χ0) is 13.1. The second-order valence-electron chi connectivity index (χ2n) is 5.28. The van der Waals surface area contributed by atoms with E-state index in [-0.39, 0.29) is 5.54 Å². The number of hydrogen-bond donors (Lipinski definition) is 1. The predicted molar refractivity (Wildman–Crippen MR) is 75.3 cm³/mol. The van der Waals surface area contributed by atoms with E-state index in [1.165, 1.54) is 32.1 Å². The van der Waals surface area contributed by atoms with Crippen LogP contribution in [0.4, 0.5) is 0 Å². The van der Waals surface area contributed by atoms with Crippen LogP contribution in [0.5, 0.6) is 0 Å². The van der Waals surface area contributed by atoms with Crippen molar-refractivity contribution >= 4 is 0 Å². The molecule has 1 atom stereocenters. The summed E-state index contributed by atoms with van der Waals surface area (Å²) in [5, 5.41) is 0. The van der Waals surface area contributed by atoms with Crippen molar-refractivity contribution in [3.63, 3.8) is 0 Å². The first-order valence-electron chi connectivity index (χ1n) is 7.01. The predicted octanol–water partition coefficient (Wildman–Crippen LogP) is 2.64. The summed E-state index contributed by atoms with van der Waals surface area (Å²) < 4.78 is 5.09. The highest BCUT2D eigenvalue weighted by Crippen LogP contribution is 2.20. The highest BCUT2D eigenvalue weighted by molar-refractivity contribution is 4.85. The van der Waals surface area contributed by atoms with E-state index in [0.29, 0.717) is 0 Å². The molecule has 2 N–H and O–H groups in total. The summed E-state index contributed by atoms with van der Waals surface area (Å²) in [5.41, 5.74) is 6.11. The van der Waals surface area contributed by atoms with Gasteiger partial charge < -0.3 is 10.5 Å². The Balaban J connectivity index is 3.96. The summed E-state index contributed by atoms with van der Waals surface area (Å²) in [5.74, 6) is 0. The highest BCUT2D eigenvalue weighted by Gasteiger charge is 2.26. The molecule has 3 nitrogen and oxygen atoms in total. The number of nitrogens with zero attached hydrogens (tertiary/aromatic N) is 1. The SMILES string of the molecule is CCCCCCC(C)(CN)N(C)CCCOC. The number of ether oxygens (including phenoxy) is 1. The van der Waals surface area contributed by atoms with Gasteiger partial charge >= 0.3 is 0 Å². The van der Waals surface area contributed by atoms with Crippen molar-refractivity contribution in [3.8, 4) is 0 Å². The fraction of sp³-hybridized carbons (Fsp3) is 1.00. The lowest BCUT2D eigenvalue weighted by Crippen LogP contribution is -2.50. The minimum Gasteiger partial charge on any atom is -0.385 e. The Morgan fingerprint density at radius 2 is 1.88 bits per heavy atom. The first-order valence-corrected chi connectivity index (χ1v) is 7.01. The van der Waals surface area contributed by atoms with Gasteiger partial charge in [0.05, 0.1) is 0 Å². The smallest absolute Gasteiger partial charge is 0.0474 e. The van der Waals surface area contributed by atoms with Crippen LogP contribution < -0.4 is 5.73 Å². The number of hydrogen-bond acceptors (Lipinski definition) is 3. The Morgan fingerprint density at radius 3 is 2.41 bits per heavy atom. The third-order valence-corrected chi connectivity index (χ3v) is 3.77. The van der Waals surface area contributed by atoms with Crippen LogP contribution in [-0.2, 0) is 4.74 Å². The lowest BCUT2D eigenvalue weighted by atomic mass is 9.92. The van der Waals surface area contributed by atoms with Crippen LogP contribution >= 0.6 is 0 Å². The summed E-state index contributed by atoms with van der Waals surface area (Å²) in [6.45, 7) is 7.17. The molecule has 0 aromatic rings. The summed E-state index contributed by atoms with van der Waals surface area (Å²) in [6, 6.07) is 0. The van der Waals surface area contributed by atoms with Gasteiger partial charge in [-0.1, -0.05) is 32.6 Å². The third kappa shape index (κ3) is 7.02. The van der Waals surface area contributed by atoms with Gasteiger partial charge in [-0.15, -0.1) is 0 Å². The van der Waals surface area contributed by atoms with Gasteiger partial charge in [0.2, 0.25) is 0 Å². The van der Waals surface area contributed by atoms with E-state index in [4.69, 9.17) is 10.5 Å². The van der Waals surface area contributed by atoms with Gasteiger partial charge in [-0.25, -0.2) is 0 Å². The monoisotopic (exact) mass is 244 g/mol. The quantitative estimate of drug-likeness (QED) is 0.568. The van der Waals surface area contributed by atoms with Crippen LogP contribution in [0.3, 0.4) is 0 Å². The summed E-state index contributed by atoms with van der Waals surface area (Å²) in [4.78, 5) is 2.40. The standard InChI is InChI=1S/C14H32N2O/c1-5-6-7-8-10-14(2,13-15)16(3)11-9-12-17-4/h5-13,15H2,1-4H3. The van der Waals surface area contributed by atoms with Gasteiger partial charge in [0.15, 0.2) is 0 Å². The molecule has 0 bridgehead atoms. The topological polar surface area (TPSA) is 38.5 Å². The molecule has 104 valence electrons. The normalized spacial score (nSPS) is 15.2. The Labute approximate surface area is 108 Å². The van der Waals surface area contributed by atoms with Crippen molar-refractivity contribution in [1.82, 2.24) is 4.90 Å². The van der Waals surface area contributed by atoms with Gasteiger partial charge in [-0.3, -0.25) is 4.90 Å². The number of unbranched alkanes of at least 4 members (excludes halogenated alkanes) is 3. The van der Waals surface area contributed by atoms with Crippen LogP contribution in [0, 0.1) is 0 Å². The maximum Gasteiger partial charge on any atom is 0.0474 e. The van der Waals surface area contributed by atoms with Crippen molar-refractivity contribution in [2.45, 2.75) is 57.9 Å². The molecular weight excluding hydrogens is 212 g/mol. The van der Waals surface area contributed by atoms with E-state index in [2.05, 4.69) is 25.8 Å². The molecule has 0 radical (unpaired) electrons. The molecule has 17 heavy (non-hydrogen) atoms. The second kappa shape index (κ2) is 9.86. The summed E-state index contributed by atoms with van der Waals surface area (Å²) in [6.07, 6.45) is 7.54. The molecule has 0 aromatic carbocycles. The third-order valence-electron chi connectivity index (χ3n) is 3.77. The van der Waals surface area contributed by atoms with Crippen molar-refractivity contribution < 1.29 is 4.74 Å². The fourth-order valence-corrected chi connectivity index (χ4v) is 2.10. The lowest BCUT2D eigenvalue weighted by molar-refractivity contribution is 0.110. The number of likely N-dealkylation sites (N-methyl/N-ethyl adjacent to an activating group) is 1. The van der Waals surface area contributed by atoms with Crippen molar-refractivity contribution in [2.75, 3.05) is 33.9 Å². The zero-order valence-electron chi connectivity index (χ0n) is 12.3. The molecule has 0 aliphatic carbocycles. The van der Waals surface area contributed by atoms with E-state index < -0.39 is 0 Å². The van der Waals surface area contributed by atoms with Gasteiger partial charge in [0, 0.05) is 32.3 Å². The lowest BCUT2D eigenvalue weighted by Gasteiger charge is -2.38. The average molecular weight is 244 g/mol. The Hall–Kier alpha value is -0.120. The minimum absolute atomic E-state index is 0.154. The molecule has 3 heteroatoms.